The minimum atomic E-state index is -0.0836. The summed E-state index contributed by atoms with van der Waals surface area (Å²) in [6, 6.07) is 17.9. The Morgan fingerprint density at radius 1 is 1.06 bits per heavy atom. The number of carbonyl (C=O) groups excluding carboxylic acids is 1. The molecule has 32 heavy (non-hydrogen) atoms. The van der Waals surface area contributed by atoms with Crippen molar-refractivity contribution in [3.8, 4) is 11.5 Å². The largest absolute Gasteiger partial charge is 0.477 e. The molecule has 0 atom stereocenters. The summed E-state index contributed by atoms with van der Waals surface area (Å²) < 4.78 is 12.1. The van der Waals surface area contributed by atoms with E-state index in [1.807, 2.05) is 62.4 Å². The highest BCUT2D eigenvalue weighted by Gasteiger charge is 2.33. The van der Waals surface area contributed by atoms with E-state index < -0.39 is 0 Å². The van der Waals surface area contributed by atoms with Gasteiger partial charge >= 0.3 is 0 Å². The Kier molecular flexibility index (Phi) is 5.50. The van der Waals surface area contributed by atoms with E-state index in [9.17, 15) is 4.79 Å². The molecule has 2 aliphatic heterocycles. The molecular weight excluding hydrogens is 422 g/mol. The van der Waals surface area contributed by atoms with Gasteiger partial charge in [0.15, 0.2) is 5.76 Å². The lowest BCUT2D eigenvalue weighted by Gasteiger charge is -2.30. The van der Waals surface area contributed by atoms with E-state index in [0.29, 0.717) is 23.8 Å². The van der Waals surface area contributed by atoms with E-state index >= 15 is 0 Å². The zero-order valence-electron chi connectivity index (χ0n) is 18.2. The fraction of sp³-hybridized carbons (Fsp3) is 0.222. The van der Waals surface area contributed by atoms with Crippen molar-refractivity contribution in [3.63, 3.8) is 0 Å². The van der Waals surface area contributed by atoms with Crippen LogP contribution in [-0.4, -0.2) is 24.0 Å². The molecule has 0 spiro atoms. The van der Waals surface area contributed by atoms with Crippen molar-refractivity contribution in [1.82, 2.24) is 4.90 Å². The van der Waals surface area contributed by atoms with Gasteiger partial charge in [-0.25, -0.2) is 0 Å². The van der Waals surface area contributed by atoms with Gasteiger partial charge in [-0.1, -0.05) is 59.6 Å². The van der Waals surface area contributed by atoms with Crippen LogP contribution in [0.4, 0.5) is 0 Å². The molecule has 0 bridgehead atoms. The maximum absolute atomic E-state index is 13.1. The molecule has 162 valence electrons. The van der Waals surface area contributed by atoms with Crippen LogP contribution in [0.25, 0.3) is 6.08 Å². The molecule has 3 aromatic rings. The SMILES string of the molecule is Cc1ccc(/C=C2\Oc3c(cc4c(c3C)OCN(CCc3ccccc3Cl)C4)C2=O)cc1. The van der Waals surface area contributed by atoms with Crippen molar-refractivity contribution in [2.45, 2.75) is 26.8 Å². The molecule has 0 N–H and O–H groups in total. The average Bonchev–Trinajstić information content (AvgIpc) is 3.10. The topological polar surface area (TPSA) is 38.8 Å². The van der Waals surface area contributed by atoms with Crippen molar-refractivity contribution in [2.24, 2.45) is 0 Å². The number of rotatable bonds is 4. The molecule has 0 fully saturated rings. The monoisotopic (exact) mass is 445 g/mol. The summed E-state index contributed by atoms with van der Waals surface area (Å²) in [4.78, 5) is 15.3. The number of nitrogens with zero attached hydrogens (tertiary/aromatic N) is 1. The Hall–Kier alpha value is -3.08. The number of ketones is 1. The Labute approximate surface area is 193 Å². The zero-order valence-corrected chi connectivity index (χ0v) is 18.9. The summed E-state index contributed by atoms with van der Waals surface area (Å²) in [6.07, 6.45) is 2.64. The molecule has 0 radical (unpaired) electrons. The summed E-state index contributed by atoms with van der Waals surface area (Å²) >= 11 is 6.30. The van der Waals surface area contributed by atoms with E-state index in [1.165, 1.54) is 5.56 Å². The van der Waals surface area contributed by atoms with E-state index in [0.717, 1.165) is 52.5 Å². The van der Waals surface area contributed by atoms with Crippen molar-refractivity contribution >= 4 is 23.5 Å². The smallest absolute Gasteiger partial charge is 0.231 e. The van der Waals surface area contributed by atoms with E-state index in [4.69, 9.17) is 21.1 Å². The fourth-order valence-corrected chi connectivity index (χ4v) is 4.46. The molecule has 0 saturated heterocycles. The van der Waals surface area contributed by atoms with Gasteiger partial charge in [0, 0.05) is 29.2 Å². The summed E-state index contributed by atoms with van der Waals surface area (Å²) in [7, 11) is 0. The minimum absolute atomic E-state index is 0.0836. The second-order valence-corrected chi connectivity index (χ2v) is 8.79. The number of hydrogen-bond donors (Lipinski definition) is 0. The number of Topliss-reactive ketones (excluding diaryl/α,β-unsaturated/α-hetero) is 1. The summed E-state index contributed by atoms with van der Waals surface area (Å²) in [5, 5.41) is 0.787. The Balaban J connectivity index is 1.36. The number of aryl methyl sites for hydroxylation is 1. The number of halogens is 1. The molecule has 2 heterocycles. The number of hydrogen-bond acceptors (Lipinski definition) is 4. The van der Waals surface area contributed by atoms with E-state index in [-0.39, 0.29) is 5.78 Å². The first-order valence-corrected chi connectivity index (χ1v) is 11.1. The van der Waals surface area contributed by atoms with Crippen LogP contribution < -0.4 is 9.47 Å². The van der Waals surface area contributed by atoms with Gasteiger partial charge in [0.05, 0.1) is 5.56 Å². The van der Waals surface area contributed by atoms with Crippen LogP contribution in [0, 0.1) is 13.8 Å². The summed E-state index contributed by atoms with van der Waals surface area (Å²) in [5.74, 6) is 1.70. The van der Waals surface area contributed by atoms with Crippen LogP contribution in [0.2, 0.25) is 5.02 Å². The van der Waals surface area contributed by atoms with Crippen LogP contribution in [0.3, 0.4) is 0 Å². The molecule has 0 unspecified atom stereocenters. The number of allylic oxidation sites excluding steroid dienone is 1. The highest BCUT2D eigenvalue weighted by atomic mass is 35.5. The van der Waals surface area contributed by atoms with Gasteiger partial charge in [-0.3, -0.25) is 9.69 Å². The molecule has 0 saturated carbocycles. The van der Waals surface area contributed by atoms with Crippen LogP contribution in [-0.2, 0) is 13.0 Å². The Morgan fingerprint density at radius 3 is 2.62 bits per heavy atom. The van der Waals surface area contributed by atoms with Crippen LogP contribution in [0.5, 0.6) is 11.5 Å². The van der Waals surface area contributed by atoms with E-state index in [2.05, 4.69) is 11.0 Å². The first-order valence-electron chi connectivity index (χ1n) is 10.8. The fourth-order valence-electron chi connectivity index (χ4n) is 4.23. The standard InChI is InChI=1S/C27H24ClNO3/c1-17-7-9-19(10-8-17)13-24-25(30)22-14-21-15-29(12-11-20-5-3-4-6-23(20)28)16-31-26(21)18(2)27(22)32-24/h3-10,13-14H,11-12,15-16H2,1-2H3/b24-13-. The second-order valence-electron chi connectivity index (χ2n) is 8.38. The quantitative estimate of drug-likeness (QED) is 0.464. The molecule has 5 heteroatoms. The first-order chi connectivity index (χ1) is 15.5. The van der Waals surface area contributed by atoms with Gasteiger partial charge in [0.1, 0.15) is 18.2 Å². The molecule has 4 nitrogen and oxygen atoms in total. The van der Waals surface area contributed by atoms with Crippen LogP contribution in [0.1, 0.15) is 38.2 Å². The normalized spacial score (nSPS) is 16.5. The summed E-state index contributed by atoms with van der Waals surface area (Å²) in [5.41, 5.74) is 5.74. The predicted octanol–water partition coefficient (Wildman–Crippen LogP) is 5.97. The number of benzene rings is 3. The van der Waals surface area contributed by atoms with Crippen LogP contribution >= 0.6 is 11.6 Å². The highest BCUT2D eigenvalue weighted by Crippen LogP contribution is 2.43. The third-order valence-corrected chi connectivity index (χ3v) is 6.40. The van der Waals surface area contributed by atoms with Gasteiger partial charge in [0.25, 0.3) is 0 Å². The van der Waals surface area contributed by atoms with Gasteiger partial charge < -0.3 is 9.47 Å². The van der Waals surface area contributed by atoms with Gasteiger partial charge in [-0.05, 0) is 49.6 Å². The maximum atomic E-state index is 13.1. The van der Waals surface area contributed by atoms with Gasteiger partial charge in [0.2, 0.25) is 5.78 Å². The van der Waals surface area contributed by atoms with Gasteiger partial charge in [-0.2, -0.15) is 0 Å². The molecule has 0 aromatic heterocycles. The summed E-state index contributed by atoms with van der Waals surface area (Å²) in [6.45, 7) is 6.03. The lowest BCUT2D eigenvalue weighted by Crippen LogP contribution is -2.34. The lowest BCUT2D eigenvalue weighted by molar-refractivity contribution is 0.0954. The predicted molar refractivity (Wildman–Crippen MR) is 126 cm³/mol. The third kappa shape index (κ3) is 3.92. The number of carbonyl (C=O) groups is 1. The molecular formula is C27H24ClNO3. The highest BCUT2D eigenvalue weighted by molar-refractivity contribution is 6.31. The Morgan fingerprint density at radius 2 is 1.84 bits per heavy atom. The van der Waals surface area contributed by atoms with Crippen molar-refractivity contribution in [1.29, 1.82) is 0 Å². The lowest BCUT2D eigenvalue weighted by atomic mass is 9.99. The Bertz CT molecular complexity index is 1230. The van der Waals surface area contributed by atoms with Gasteiger partial charge in [-0.15, -0.1) is 0 Å². The zero-order chi connectivity index (χ0) is 22.2. The number of fused-ring (bicyclic) bond motifs is 2. The molecule has 0 aliphatic carbocycles. The average molecular weight is 446 g/mol. The molecule has 2 aliphatic rings. The maximum Gasteiger partial charge on any atom is 0.231 e. The van der Waals surface area contributed by atoms with Crippen molar-refractivity contribution in [3.05, 3.63) is 98.8 Å². The minimum Gasteiger partial charge on any atom is -0.477 e. The van der Waals surface area contributed by atoms with E-state index in [1.54, 1.807) is 6.08 Å². The van der Waals surface area contributed by atoms with Crippen LogP contribution in [0.15, 0.2) is 60.4 Å². The molecule has 3 aromatic carbocycles. The molecule has 0 amide bonds. The van der Waals surface area contributed by atoms with Crippen molar-refractivity contribution in [2.75, 3.05) is 13.3 Å². The van der Waals surface area contributed by atoms with Crippen molar-refractivity contribution < 1.29 is 14.3 Å². The molecule has 5 rings (SSSR count). The number of ether oxygens (including phenoxy) is 2. The second kappa shape index (κ2) is 8.45. The third-order valence-electron chi connectivity index (χ3n) is 6.03. The first kappa shape index (κ1) is 20.8.